The van der Waals surface area contributed by atoms with Gasteiger partial charge >= 0.3 is 0 Å². The monoisotopic (exact) mass is 613 g/mol. The number of hydrogen-bond donors (Lipinski definition) is 2. The Morgan fingerprint density at radius 1 is 0.977 bits per heavy atom. The van der Waals surface area contributed by atoms with E-state index in [2.05, 4.69) is 35.7 Å². The number of carbonyl (C=O) groups is 2. The van der Waals surface area contributed by atoms with Crippen molar-refractivity contribution in [3.05, 3.63) is 41.1 Å². The molecule has 16 heteroatoms. The lowest BCUT2D eigenvalue weighted by molar-refractivity contribution is -0.134. The normalized spacial score (nSPS) is 21.8. The molecule has 0 saturated heterocycles. The molecule has 3 aromatic rings. The highest BCUT2D eigenvalue weighted by Gasteiger charge is 2.46. The summed E-state index contributed by atoms with van der Waals surface area (Å²) in [5.41, 5.74) is -0.359. The van der Waals surface area contributed by atoms with Crippen LogP contribution in [-0.4, -0.2) is 48.6 Å². The smallest absolute Gasteiger partial charge is 0.286 e. The molecular formula is C27H29F6N7O3. The summed E-state index contributed by atoms with van der Waals surface area (Å²) >= 11 is 0. The molecule has 0 aromatic carbocycles. The van der Waals surface area contributed by atoms with Crippen molar-refractivity contribution in [1.82, 2.24) is 35.5 Å². The van der Waals surface area contributed by atoms with Crippen molar-refractivity contribution in [2.24, 2.45) is 17.8 Å². The first-order chi connectivity index (χ1) is 20.4. The van der Waals surface area contributed by atoms with Crippen LogP contribution in [0.15, 0.2) is 23.1 Å². The molecule has 0 unspecified atom stereocenters. The van der Waals surface area contributed by atoms with Gasteiger partial charge < -0.3 is 10.6 Å². The lowest BCUT2D eigenvalue weighted by Gasteiger charge is -2.34. The van der Waals surface area contributed by atoms with Crippen molar-refractivity contribution in [3.63, 3.8) is 0 Å². The van der Waals surface area contributed by atoms with Gasteiger partial charge in [0.05, 0.1) is 30.2 Å². The minimum absolute atomic E-state index is 0.0120. The van der Waals surface area contributed by atoms with Crippen molar-refractivity contribution in [2.45, 2.75) is 88.1 Å². The standard InChI is InChI=1S/C27H29F6N7O3/c28-24(29)22-23(39-43-38-22)25(42)37-21(15-3-5-26(30,31)6-4-15)17-12-40-18(35-17)8-16(11-34-40)20(14-1-2-14)36-19(41)7-13-9-27(32,33)10-13/h8,11-15,20-21,24H,1-7,9-10H2,(H,36,41)(H,37,42)/t20-,21+/m1/s1. The third-order valence-corrected chi connectivity index (χ3v) is 8.55. The first-order valence-electron chi connectivity index (χ1n) is 14.2. The summed E-state index contributed by atoms with van der Waals surface area (Å²) in [5, 5.41) is 16.4. The Hall–Kier alpha value is -3.72. The van der Waals surface area contributed by atoms with Crippen molar-refractivity contribution in [3.8, 4) is 0 Å². The summed E-state index contributed by atoms with van der Waals surface area (Å²) in [6, 6.07) is 0.381. The maximum absolute atomic E-state index is 14.0. The molecule has 3 fully saturated rings. The molecule has 232 valence electrons. The van der Waals surface area contributed by atoms with Gasteiger partial charge in [0.15, 0.2) is 11.3 Å². The quantitative estimate of drug-likeness (QED) is 0.295. The number of fused-ring (bicyclic) bond motifs is 1. The van der Waals surface area contributed by atoms with Gasteiger partial charge in [0.2, 0.25) is 23.4 Å². The average molecular weight is 614 g/mol. The van der Waals surface area contributed by atoms with Crippen LogP contribution in [0.25, 0.3) is 5.65 Å². The number of alkyl halides is 6. The number of aromatic nitrogens is 5. The minimum Gasteiger partial charge on any atom is -0.349 e. The highest BCUT2D eigenvalue weighted by molar-refractivity contribution is 5.93. The Morgan fingerprint density at radius 2 is 1.67 bits per heavy atom. The SMILES string of the molecule is O=C(CC1CC(F)(F)C1)N[C@@H](c1cnn2cc([C@@H](NC(=O)c3nonc3C(F)F)C3CCC(F)(F)CC3)nc2c1)C1CC1. The predicted octanol–water partition coefficient (Wildman–Crippen LogP) is 5.35. The number of nitrogens with one attached hydrogen (secondary N) is 2. The van der Waals surface area contributed by atoms with Crippen molar-refractivity contribution >= 4 is 17.5 Å². The molecule has 3 aromatic heterocycles. The molecule has 3 aliphatic rings. The molecule has 0 spiro atoms. The van der Waals surface area contributed by atoms with Crippen LogP contribution in [0, 0.1) is 17.8 Å². The molecule has 3 heterocycles. The highest BCUT2D eigenvalue weighted by Crippen LogP contribution is 2.45. The van der Waals surface area contributed by atoms with Crippen LogP contribution in [0.4, 0.5) is 26.3 Å². The molecule has 43 heavy (non-hydrogen) atoms. The zero-order chi connectivity index (χ0) is 30.5. The number of carbonyl (C=O) groups excluding carboxylic acids is 2. The van der Waals surface area contributed by atoms with Gasteiger partial charge in [-0.3, -0.25) is 9.59 Å². The van der Waals surface area contributed by atoms with Crippen LogP contribution < -0.4 is 10.6 Å². The topological polar surface area (TPSA) is 127 Å². The number of rotatable bonds is 10. The van der Waals surface area contributed by atoms with Gasteiger partial charge in [-0.05, 0) is 65.4 Å². The van der Waals surface area contributed by atoms with Crippen LogP contribution >= 0.6 is 0 Å². The van der Waals surface area contributed by atoms with Gasteiger partial charge in [-0.2, -0.15) is 5.10 Å². The molecule has 2 N–H and O–H groups in total. The van der Waals surface area contributed by atoms with E-state index in [1.807, 2.05) is 0 Å². The Balaban J connectivity index is 1.24. The lowest BCUT2D eigenvalue weighted by atomic mass is 9.79. The summed E-state index contributed by atoms with van der Waals surface area (Å²) in [4.78, 5) is 30.2. The number of halogens is 6. The van der Waals surface area contributed by atoms with E-state index < -0.39 is 66.4 Å². The van der Waals surface area contributed by atoms with Crippen LogP contribution in [0.2, 0.25) is 0 Å². The van der Waals surface area contributed by atoms with E-state index in [0.717, 1.165) is 12.8 Å². The van der Waals surface area contributed by atoms with Gasteiger partial charge in [-0.1, -0.05) is 0 Å². The van der Waals surface area contributed by atoms with Gasteiger partial charge in [-0.25, -0.2) is 40.5 Å². The van der Waals surface area contributed by atoms with Gasteiger partial charge in [0.1, 0.15) is 0 Å². The van der Waals surface area contributed by atoms with Crippen LogP contribution in [0.5, 0.6) is 0 Å². The minimum atomic E-state index is -3.12. The average Bonchev–Trinajstić information content (AvgIpc) is 3.47. The third kappa shape index (κ3) is 6.47. The largest absolute Gasteiger partial charge is 0.349 e. The Morgan fingerprint density at radius 3 is 2.33 bits per heavy atom. The van der Waals surface area contributed by atoms with E-state index in [0.29, 0.717) is 11.2 Å². The third-order valence-electron chi connectivity index (χ3n) is 8.55. The van der Waals surface area contributed by atoms with Gasteiger partial charge in [0, 0.05) is 32.1 Å². The summed E-state index contributed by atoms with van der Waals surface area (Å²) in [7, 11) is 0. The van der Waals surface area contributed by atoms with E-state index in [-0.39, 0.29) is 55.5 Å². The maximum Gasteiger partial charge on any atom is 0.286 e. The van der Waals surface area contributed by atoms with E-state index in [1.54, 1.807) is 12.3 Å². The number of hydrogen-bond acceptors (Lipinski definition) is 7. The molecular weight excluding hydrogens is 584 g/mol. The fourth-order valence-electron chi connectivity index (χ4n) is 6.09. The summed E-state index contributed by atoms with van der Waals surface area (Å²) < 4.78 is 86.7. The molecule has 3 aliphatic carbocycles. The Labute approximate surface area is 240 Å². The number of amides is 2. The van der Waals surface area contributed by atoms with Crippen molar-refractivity contribution < 1.29 is 40.6 Å². The summed E-state index contributed by atoms with van der Waals surface area (Å²) in [6.45, 7) is 0. The van der Waals surface area contributed by atoms with E-state index >= 15 is 0 Å². The fourth-order valence-corrected chi connectivity index (χ4v) is 6.09. The van der Waals surface area contributed by atoms with Crippen molar-refractivity contribution in [2.75, 3.05) is 0 Å². The Bertz CT molecular complexity index is 1490. The zero-order valence-corrected chi connectivity index (χ0v) is 22.8. The first-order valence-corrected chi connectivity index (χ1v) is 14.2. The lowest BCUT2D eigenvalue weighted by Crippen LogP contribution is -2.39. The van der Waals surface area contributed by atoms with E-state index in [9.17, 15) is 35.9 Å². The number of nitrogens with zero attached hydrogens (tertiary/aromatic N) is 5. The van der Waals surface area contributed by atoms with E-state index in [1.165, 1.54) is 10.7 Å². The fraction of sp³-hybridized carbons (Fsp3) is 0.630. The molecule has 10 nitrogen and oxygen atoms in total. The van der Waals surface area contributed by atoms with Crippen LogP contribution in [0.3, 0.4) is 0 Å². The second kappa shape index (κ2) is 11.1. The molecule has 0 aliphatic heterocycles. The first kappa shape index (κ1) is 29.4. The van der Waals surface area contributed by atoms with Gasteiger partial charge in [0.25, 0.3) is 12.3 Å². The predicted molar refractivity (Wildman–Crippen MR) is 135 cm³/mol. The van der Waals surface area contributed by atoms with Crippen molar-refractivity contribution in [1.29, 1.82) is 0 Å². The second-order valence-electron chi connectivity index (χ2n) is 11.9. The maximum atomic E-state index is 14.0. The van der Waals surface area contributed by atoms with E-state index in [4.69, 9.17) is 0 Å². The summed E-state index contributed by atoms with van der Waals surface area (Å²) in [6.07, 6.45) is 0.394. The Kier molecular flexibility index (Phi) is 7.57. The molecule has 6 rings (SSSR count). The van der Waals surface area contributed by atoms with Crippen LogP contribution in [-0.2, 0) is 4.79 Å². The molecule has 2 atom stereocenters. The van der Waals surface area contributed by atoms with Crippen LogP contribution in [0.1, 0.15) is 104 Å². The highest BCUT2D eigenvalue weighted by atomic mass is 19.3. The molecule has 0 bridgehead atoms. The zero-order valence-electron chi connectivity index (χ0n) is 22.8. The second-order valence-corrected chi connectivity index (χ2v) is 11.9. The molecule has 2 amide bonds. The number of imidazole rings is 1. The van der Waals surface area contributed by atoms with Gasteiger partial charge in [-0.15, -0.1) is 0 Å². The molecule has 0 radical (unpaired) electrons. The summed E-state index contributed by atoms with van der Waals surface area (Å²) in [5.74, 6) is -7.57. The molecule has 3 saturated carbocycles.